The Morgan fingerprint density at radius 2 is 1.65 bits per heavy atom. The lowest BCUT2D eigenvalue weighted by atomic mass is 9.95. The van der Waals surface area contributed by atoms with Gasteiger partial charge in [0.25, 0.3) is 0 Å². The molecule has 0 fully saturated rings. The van der Waals surface area contributed by atoms with Crippen molar-refractivity contribution in [3.63, 3.8) is 0 Å². The van der Waals surface area contributed by atoms with E-state index < -0.39 is 0 Å². The summed E-state index contributed by atoms with van der Waals surface area (Å²) in [5.41, 5.74) is 5.83. The number of allylic oxidation sites excluding steroid dienone is 2. The van der Waals surface area contributed by atoms with Crippen LogP contribution in [0.15, 0.2) is 12.2 Å². The first-order chi connectivity index (χ1) is 8.20. The average Bonchev–Trinajstić information content (AvgIpc) is 2.31. The van der Waals surface area contributed by atoms with Gasteiger partial charge in [-0.1, -0.05) is 58.6 Å². The highest BCUT2D eigenvalue weighted by atomic mass is 14.5. The van der Waals surface area contributed by atoms with Crippen LogP contribution in [0.1, 0.15) is 72.1 Å². The highest BCUT2D eigenvalue weighted by Gasteiger charge is 2.05. The van der Waals surface area contributed by atoms with E-state index in [0.717, 1.165) is 24.8 Å². The molecule has 0 saturated carbocycles. The van der Waals surface area contributed by atoms with Gasteiger partial charge >= 0.3 is 0 Å². The lowest BCUT2D eigenvalue weighted by Gasteiger charge is -2.13. The molecule has 0 aliphatic carbocycles. The number of unbranched alkanes of at least 4 members (excludes halogenated alkanes) is 2. The largest absolute Gasteiger partial charge is 0.330 e. The third-order valence-electron chi connectivity index (χ3n) is 3.37. The molecule has 1 heteroatoms. The van der Waals surface area contributed by atoms with Crippen LogP contribution < -0.4 is 5.73 Å². The summed E-state index contributed by atoms with van der Waals surface area (Å²) in [4.78, 5) is 0. The van der Waals surface area contributed by atoms with Gasteiger partial charge in [0.2, 0.25) is 0 Å². The zero-order chi connectivity index (χ0) is 12.9. The molecule has 0 amide bonds. The Bertz CT molecular complexity index is 172. The monoisotopic (exact) mass is 239 g/mol. The van der Waals surface area contributed by atoms with E-state index in [9.17, 15) is 0 Å². The fourth-order valence-corrected chi connectivity index (χ4v) is 2.16. The summed E-state index contributed by atoms with van der Waals surface area (Å²) in [7, 11) is 0. The van der Waals surface area contributed by atoms with E-state index in [1.54, 1.807) is 0 Å². The van der Waals surface area contributed by atoms with Crippen molar-refractivity contribution in [1.29, 1.82) is 0 Å². The van der Waals surface area contributed by atoms with Crippen molar-refractivity contribution in [1.82, 2.24) is 0 Å². The van der Waals surface area contributed by atoms with Gasteiger partial charge in [-0.3, -0.25) is 0 Å². The molecule has 0 saturated heterocycles. The van der Waals surface area contributed by atoms with Gasteiger partial charge in [-0.2, -0.15) is 0 Å². The number of rotatable bonds is 11. The van der Waals surface area contributed by atoms with Crippen molar-refractivity contribution >= 4 is 0 Å². The molecule has 1 nitrogen and oxygen atoms in total. The van der Waals surface area contributed by atoms with Crippen LogP contribution in [0.5, 0.6) is 0 Å². The minimum atomic E-state index is 0.746. The Hall–Kier alpha value is -0.300. The highest BCUT2D eigenvalue weighted by Crippen LogP contribution is 2.16. The molecular weight excluding hydrogens is 206 g/mol. The predicted octanol–water partition coefficient (Wildman–Crippen LogP) is 4.91. The first-order valence-electron chi connectivity index (χ1n) is 7.55. The molecule has 0 aromatic carbocycles. The number of nitrogens with two attached hydrogens (primary N) is 1. The zero-order valence-corrected chi connectivity index (χ0v) is 12.3. The van der Waals surface area contributed by atoms with Crippen LogP contribution in [0.25, 0.3) is 0 Å². The van der Waals surface area contributed by atoms with Gasteiger partial charge in [0.1, 0.15) is 0 Å². The molecule has 0 aromatic rings. The molecule has 0 aliphatic heterocycles. The van der Waals surface area contributed by atoms with Gasteiger partial charge in [0.05, 0.1) is 0 Å². The third-order valence-corrected chi connectivity index (χ3v) is 3.37. The topological polar surface area (TPSA) is 26.0 Å². The Morgan fingerprint density at radius 1 is 0.941 bits per heavy atom. The smallest absolute Gasteiger partial charge is 0.00488 e. The fraction of sp³-hybridized carbons (Fsp3) is 0.875. The first-order valence-corrected chi connectivity index (χ1v) is 7.55. The summed E-state index contributed by atoms with van der Waals surface area (Å²) in [5, 5.41) is 0. The molecule has 17 heavy (non-hydrogen) atoms. The van der Waals surface area contributed by atoms with E-state index in [1.807, 2.05) is 0 Å². The molecule has 0 bridgehead atoms. The second-order valence-electron chi connectivity index (χ2n) is 5.59. The lowest BCUT2D eigenvalue weighted by Crippen LogP contribution is -2.14. The predicted molar refractivity (Wildman–Crippen MR) is 79.1 cm³/mol. The minimum absolute atomic E-state index is 0.746. The van der Waals surface area contributed by atoms with E-state index in [-0.39, 0.29) is 0 Å². The minimum Gasteiger partial charge on any atom is -0.330 e. The second-order valence-corrected chi connectivity index (χ2v) is 5.59. The zero-order valence-electron chi connectivity index (χ0n) is 12.3. The first kappa shape index (κ1) is 16.7. The van der Waals surface area contributed by atoms with Crippen LogP contribution in [0.3, 0.4) is 0 Å². The van der Waals surface area contributed by atoms with Crippen molar-refractivity contribution in [2.45, 2.75) is 72.1 Å². The summed E-state index contributed by atoms with van der Waals surface area (Å²) in [6.45, 7) is 7.67. The maximum Gasteiger partial charge on any atom is -0.00488 e. The number of hydrogen-bond donors (Lipinski definition) is 1. The van der Waals surface area contributed by atoms with E-state index in [1.165, 1.54) is 44.9 Å². The van der Waals surface area contributed by atoms with E-state index in [2.05, 4.69) is 32.9 Å². The van der Waals surface area contributed by atoms with Gasteiger partial charge in [0.15, 0.2) is 0 Å². The molecule has 0 unspecified atom stereocenters. The Labute approximate surface area is 109 Å². The van der Waals surface area contributed by atoms with Crippen LogP contribution in [-0.4, -0.2) is 6.54 Å². The van der Waals surface area contributed by atoms with Crippen LogP contribution in [0, 0.1) is 11.8 Å². The summed E-state index contributed by atoms with van der Waals surface area (Å²) in [6, 6.07) is 0. The highest BCUT2D eigenvalue weighted by molar-refractivity contribution is 4.81. The maximum atomic E-state index is 5.83. The summed E-state index contributed by atoms with van der Waals surface area (Å²) in [5.74, 6) is 1.61. The number of hydrogen-bond acceptors (Lipinski definition) is 1. The molecule has 102 valence electrons. The molecule has 0 spiro atoms. The maximum absolute atomic E-state index is 5.83. The van der Waals surface area contributed by atoms with Crippen molar-refractivity contribution in [2.75, 3.05) is 6.54 Å². The SMILES string of the molecule is CC/C=C\CC[C@@H](CN)CCCCCC(C)C. The van der Waals surface area contributed by atoms with Crippen LogP contribution in [0.4, 0.5) is 0 Å². The molecule has 0 aromatic heterocycles. The second kappa shape index (κ2) is 12.2. The Kier molecular flexibility index (Phi) is 12.0. The van der Waals surface area contributed by atoms with Crippen molar-refractivity contribution < 1.29 is 0 Å². The van der Waals surface area contributed by atoms with Crippen LogP contribution in [0.2, 0.25) is 0 Å². The van der Waals surface area contributed by atoms with E-state index in [0.29, 0.717) is 0 Å². The van der Waals surface area contributed by atoms with Crippen LogP contribution >= 0.6 is 0 Å². The molecule has 2 N–H and O–H groups in total. The van der Waals surface area contributed by atoms with Crippen molar-refractivity contribution in [3.05, 3.63) is 12.2 Å². The molecule has 0 radical (unpaired) electrons. The quantitative estimate of drug-likeness (QED) is 0.402. The van der Waals surface area contributed by atoms with Crippen molar-refractivity contribution in [2.24, 2.45) is 17.6 Å². The fourth-order valence-electron chi connectivity index (χ4n) is 2.16. The van der Waals surface area contributed by atoms with E-state index >= 15 is 0 Å². The van der Waals surface area contributed by atoms with Gasteiger partial charge in [0, 0.05) is 0 Å². The summed E-state index contributed by atoms with van der Waals surface area (Å²) < 4.78 is 0. The van der Waals surface area contributed by atoms with E-state index in [4.69, 9.17) is 5.73 Å². The lowest BCUT2D eigenvalue weighted by molar-refractivity contribution is 0.428. The molecular formula is C16H33N. The third kappa shape index (κ3) is 12.0. The van der Waals surface area contributed by atoms with Crippen LogP contribution in [-0.2, 0) is 0 Å². The Balaban J connectivity index is 3.44. The van der Waals surface area contributed by atoms with Gasteiger partial charge in [-0.25, -0.2) is 0 Å². The standard InChI is InChI=1S/C16H33N/c1-4-5-6-9-12-16(14-17)13-10-7-8-11-15(2)3/h5-6,15-16H,4,7-14,17H2,1-3H3/b6-5-/t16-/m1/s1. The summed E-state index contributed by atoms with van der Waals surface area (Å²) >= 11 is 0. The molecule has 0 heterocycles. The molecule has 0 rings (SSSR count). The van der Waals surface area contributed by atoms with Gasteiger partial charge < -0.3 is 5.73 Å². The summed E-state index contributed by atoms with van der Waals surface area (Å²) in [6.07, 6.45) is 15.1. The average molecular weight is 239 g/mol. The van der Waals surface area contributed by atoms with Gasteiger partial charge in [-0.05, 0) is 44.1 Å². The van der Waals surface area contributed by atoms with Gasteiger partial charge in [-0.15, -0.1) is 0 Å². The Morgan fingerprint density at radius 3 is 2.24 bits per heavy atom. The van der Waals surface area contributed by atoms with Crippen molar-refractivity contribution in [3.8, 4) is 0 Å². The molecule has 1 atom stereocenters. The molecule has 0 aliphatic rings. The normalized spacial score (nSPS) is 13.7.